The summed E-state index contributed by atoms with van der Waals surface area (Å²) in [7, 11) is 0. The Balaban J connectivity index is 1.75. The molecule has 1 atom stereocenters. The van der Waals surface area contributed by atoms with Crippen LogP contribution in [-0.4, -0.2) is 39.7 Å². The summed E-state index contributed by atoms with van der Waals surface area (Å²) >= 11 is 0. The first-order valence-corrected chi connectivity index (χ1v) is 11.0. The fourth-order valence-electron chi connectivity index (χ4n) is 3.86. The van der Waals surface area contributed by atoms with Crippen molar-refractivity contribution in [3.8, 4) is 0 Å². The van der Waals surface area contributed by atoms with Gasteiger partial charge in [0.25, 0.3) is 5.91 Å². The molecule has 0 saturated heterocycles. The molecule has 0 aliphatic rings. The molecule has 0 spiro atoms. The number of aromatic nitrogens is 3. The van der Waals surface area contributed by atoms with Gasteiger partial charge in [0.1, 0.15) is 16.9 Å². The molecule has 0 bridgehead atoms. The Morgan fingerprint density at radius 2 is 1.69 bits per heavy atom. The van der Waals surface area contributed by atoms with E-state index in [2.05, 4.69) is 5.32 Å². The van der Waals surface area contributed by atoms with Gasteiger partial charge >= 0.3 is 0 Å². The fourth-order valence-corrected chi connectivity index (χ4v) is 3.86. The highest BCUT2D eigenvalue weighted by Gasteiger charge is 2.26. The van der Waals surface area contributed by atoms with Crippen molar-refractivity contribution in [1.29, 1.82) is 0 Å². The third kappa shape index (κ3) is 4.29. The molecular formula is C25H29N5O2. The van der Waals surface area contributed by atoms with Crippen LogP contribution in [0.3, 0.4) is 0 Å². The van der Waals surface area contributed by atoms with Gasteiger partial charge in [0.05, 0.1) is 23.2 Å². The lowest BCUT2D eigenvalue weighted by molar-refractivity contribution is 0.0757. The first-order valence-electron chi connectivity index (χ1n) is 11.0. The number of para-hydroxylation sites is 2. The van der Waals surface area contributed by atoms with E-state index in [9.17, 15) is 4.79 Å². The van der Waals surface area contributed by atoms with Gasteiger partial charge < -0.3 is 20.4 Å². The zero-order chi connectivity index (χ0) is 22.7. The van der Waals surface area contributed by atoms with Crippen molar-refractivity contribution in [2.24, 2.45) is 0 Å². The molecule has 4 rings (SSSR count). The number of nitrogens with two attached hydrogens (primary N) is 1. The molecule has 7 nitrogen and oxygen atoms in total. The van der Waals surface area contributed by atoms with Gasteiger partial charge in [-0.15, -0.1) is 0 Å². The maximum atomic E-state index is 13.2. The predicted molar refractivity (Wildman–Crippen MR) is 128 cm³/mol. The lowest BCUT2D eigenvalue weighted by Crippen LogP contribution is -2.26. The maximum Gasteiger partial charge on any atom is 0.257 e. The summed E-state index contributed by atoms with van der Waals surface area (Å²) < 4.78 is 7.46. The number of hydrogen-bond donors (Lipinski definition) is 2. The average Bonchev–Trinajstić information content (AvgIpc) is 3.07. The highest BCUT2D eigenvalue weighted by atomic mass is 16.5. The second kappa shape index (κ2) is 9.36. The first kappa shape index (κ1) is 21.8. The van der Waals surface area contributed by atoms with Gasteiger partial charge in [0.2, 0.25) is 0 Å². The zero-order valence-corrected chi connectivity index (χ0v) is 18.7. The van der Waals surface area contributed by atoms with Crippen LogP contribution in [0.1, 0.15) is 49.2 Å². The molecule has 1 amide bonds. The van der Waals surface area contributed by atoms with Crippen molar-refractivity contribution < 1.29 is 9.53 Å². The molecule has 2 aromatic carbocycles. The van der Waals surface area contributed by atoms with Crippen LogP contribution >= 0.6 is 0 Å². The van der Waals surface area contributed by atoms with Gasteiger partial charge in [0.15, 0.2) is 5.65 Å². The molecule has 0 aliphatic heterocycles. The van der Waals surface area contributed by atoms with Gasteiger partial charge in [-0.2, -0.15) is 0 Å². The summed E-state index contributed by atoms with van der Waals surface area (Å²) in [5, 5.41) is 2.97. The molecule has 0 saturated carbocycles. The third-order valence-corrected chi connectivity index (χ3v) is 5.49. The number of benzene rings is 2. The van der Waals surface area contributed by atoms with E-state index in [4.69, 9.17) is 20.4 Å². The Bertz CT molecular complexity index is 1230. The highest BCUT2D eigenvalue weighted by molar-refractivity contribution is 6.10. The molecule has 2 heterocycles. The minimum Gasteiger partial charge on any atom is -0.384 e. The number of nitrogen functional groups attached to an aromatic ring is 1. The molecule has 0 fully saturated rings. The number of nitrogens with zero attached hydrogens (tertiary/aromatic N) is 3. The van der Waals surface area contributed by atoms with Crippen molar-refractivity contribution in [2.45, 2.75) is 39.3 Å². The molecule has 0 radical (unpaired) electrons. The Morgan fingerprint density at radius 3 is 2.38 bits per heavy atom. The van der Waals surface area contributed by atoms with Crippen molar-refractivity contribution in [3.05, 3.63) is 65.7 Å². The number of carbonyl (C=O) groups excluding carboxylic acids is 1. The quantitative estimate of drug-likeness (QED) is 0.405. The Morgan fingerprint density at radius 1 is 1.03 bits per heavy atom. The number of amides is 1. The fraction of sp³-hybridized carbons (Fsp3) is 0.320. The van der Waals surface area contributed by atoms with E-state index in [-0.39, 0.29) is 18.1 Å². The molecule has 7 heteroatoms. The summed E-state index contributed by atoms with van der Waals surface area (Å²) in [5.74, 6) is 0.114. The van der Waals surface area contributed by atoms with Crippen LogP contribution in [-0.2, 0) is 4.74 Å². The Labute approximate surface area is 187 Å². The second-order valence-corrected chi connectivity index (χ2v) is 8.13. The van der Waals surface area contributed by atoms with Gasteiger partial charge in [-0.1, -0.05) is 42.5 Å². The highest BCUT2D eigenvalue weighted by Crippen LogP contribution is 2.33. The smallest absolute Gasteiger partial charge is 0.257 e. The van der Waals surface area contributed by atoms with Crippen LogP contribution in [0.2, 0.25) is 0 Å². The SMILES string of the molecule is CC(C)OCCCNC(=O)c1c(N)n([C@H](C)c2ccccc2)c2nc3ccccc3nc12. The van der Waals surface area contributed by atoms with E-state index in [1.165, 1.54) is 0 Å². The maximum absolute atomic E-state index is 13.2. The number of fused-ring (bicyclic) bond motifs is 2. The molecule has 4 aromatic rings. The van der Waals surface area contributed by atoms with Crippen LogP contribution in [0.5, 0.6) is 0 Å². The van der Waals surface area contributed by atoms with Crippen molar-refractivity contribution in [2.75, 3.05) is 18.9 Å². The summed E-state index contributed by atoms with van der Waals surface area (Å²) in [6, 6.07) is 17.5. The largest absolute Gasteiger partial charge is 0.384 e. The average molecular weight is 432 g/mol. The second-order valence-electron chi connectivity index (χ2n) is 8.13. The van der Waals surface area contributed by atoms with Crippen LogP contribution in [0.15, 0.2) is 54.6 Å². The van der Waals surface area contributed by atoms with Crippen LogP contribution in [0, 0.1) is 0 Å². The lowest BCUT2D eigenvalue weighted by atomic mass is 10.1. The number of carbonyl (C=O) groups is 1. The van der Waals surface area contributed by atoms with Gasteiger partial charge in [-0.3, -0.25) is 4.79 Å². The molecule has 32 heavy (non-hydrogen) atoms. The zero-order valence-electron chi connectivity index (χ0n) is 18.7. The summed E-state index contributed by atoms with van der Waals surface area (Å²) in [5.41, 5.74) is 10.6. The van der Waals surface area contributed by atoms with Gasteiger partial charge in [-0.25, -0.2) is 9.97 Å². The monoisotopic (exact) mass is 431 g/mol. The van der Waals surface area contributed by atoms with E-state index >= 15 is 0 Å². The summed E-state index contributed by atoms with van der Waals surface area (Å²) in [6.45, 7) is 7.11. The first-order chi connectivity index (χ1) is 15.5. The van der Waals surface area contributed by atoms with Crippen LogP contribution < -0.4 is 11.1 Å². The molecule has 0 aliphatic carbocycles. The molecular weight excluding hydrogens is 402 g/mol. The molecule has 166 valence electrons. The predicted octanol–water partition coefficient (Wildman–Crippen LogP) is 4.32. The number of rotatable bonds is 8. The van der Waals surface area contributed by atoms with E-state index in [0.717, 1.165) is 23.0 Å². The van der Waals surface area contributed by atoms with Gasteiger partial charge in [0, 0.05) is 13.2 Å². The number of nitrogens with one attached hydrogen (secondary N) is 1. The molecule has 0 unspecified atom stereocenters. The Kier molecular flexibility index (Phi) is 6.37. The Hall–Kier alpha value is -3.45. The van der Waals surface area contributed by atoms with Gasteiger partial charge in [-0.05, 0) is 44.9 Å². The van der Waals surface area contributed by atoms with Crippen molar-refractivity contribution in [1.82, 2.24) is 19.9 Å². The van der Waals surface area contributed by atoms with Crippen LogP contribution in [0.4, 0.5) is 5.82 Å². The molecule has 3 N–H and O–H groups in total. The topological polar surface area (TPSA) is 95.1 Å². The minimum absolute atomic E-state index is 0.116. The summed E-state index contributed by atoms with van der Waals surface area (Å²) in [6.07, 6.45) is 0.889. The number of anilines is 1. The van der Waals surface area contributed by atoms with Crippen LogP contribution in [0.25, 0.3) is 22.2 Å². The van der Waals surface area contributed by atoms with E-state index in [1.54, 1.807) is 0 Å². The standard InChI is InChI=1S/C25H29N5O2/c1-16(2)32-15-9-14-27-25(31)21-22-24(29-20-13-8-7-12-19(20)28-22)30(23(21)26)17(3)18-10-5-4-6-11-18/h4-8,10-13,16-17H,9,14-15,26H2,1-3H3,(H,27,31)/t17-/m1/s1. The summed E-state index contributed by atoms with van der Waals surface area (Å²) in [4.78, 5) is 22.8. The van der Waals surface area contributed by atoms with E-state index in [1.807, 2.05) is 79.9 Å². The van der Waals surface area contributed by atoms with E-state index < -0.39 is 0 Å². The molecule has 2 aromatic heterocycles. The van der Waals surface area contributed by atoms with Crippen molar-refractivity contribution in [3.63, 3.8) is 0 Å². The third-order valence-electron chi connectivity index (χ3n) is 5.49. The number of hydrogen-bond acceptors (Lipinski definition) is 5. The normalized spacial score (nSPS) is 12.5. The van der Waals surface area contributed by atoms with E-state index in [0.29, 0.717) is 35.7 Å². The van der Waals surface area contributed by atoms with Crippen molar-refractivity contribution >= 4 is 33.9 Å². The number of ether oxygens (including phenoxy) is 1. The minimum atomic E-state index is -0.249. The lowest BCUT2D eigenvalue weighted by Gasteiger charge is -2.17.